The van der Waals surface area contributed by atoms with E-state index in [1.807, 2.05) is 37.4 Å². The van der Waals surface area contributed by atoms with Crippen LogP contribution in [-0.2, 0) is 31.0 Å². The van der Waals surface area contributed by atoms with Crippen molar-refractivity contribution >= 4 is 40.2 Å². The number of piperidine rings is 1. The number of amides is 4. The summed E-state index contributed by atoms with van der Waals surface area (Å²) in [6.45, 7) is 2.24. The van der Waals surface area contributed by atoms with Gasteiger partial charge in [-0.3, -0.25) is 24.5 Å². The maximum atomic E-state index is 12.5. The molecule has 1 aliphatic heterocycles. The second-order valence-corrected chi connectivity index (χ2v) is 8.21. The molecule has 1 saturated heterocycles. The summed E-state index contributed by atoms with van der Waals surface area (Å²) in [4.78, 5) is 51.7. The molecule has 8 heteroatoms. The number of hydrogen-bond acceptors (Lipinski definition) is 4. The van der Waals surface area contributed by atoms with Gasteiger partial charge in [0.2, 0.25) is 11.8 Å². The van der Waals surface area contributed by atoms with Gasteiger partial charge in [0, 0.05) is 35.8 Å². The zero-order valence-corrected chi connectivity index (χ0v) is 18.4. The molecule has 8 nitrogen and oxygen atoms in total. The van der Waals surface area contributed by atoms with Crippen molar-refractivity contribution in [3.63, 3.8) is 0 Å². The molecule has 4 amide bonds. The molecule has 1 aromatic heterocycles. The number of anilines is 1. The van der Waals surface area contributed by atoms with Gasteiger partial charge in [-0.05, 0) is 48.6 Å². The van der Waals surface area contributed by atoms with Crippen molar-refractivity contribution in [1.29, 1.82) is 0 Å². The minimum atomic E-state index is -0.768. The molecule has 0 spiro atoms. The van der Waals surface area contributed by atoms with Gasteiger partial charge in [-0.2, -0.15) is 0 Å². The van der Waals surface area contributed by atoms with E-state index in [0.717, 1.165) is 22.0 Å². The van der Waals surface area contributed by atoms with E-state index in [1.54, 1.807) is 24.3 Å². The largest absolute Gasteiger partial charge is 0.361 e. The molecular weight excluding hydrogens is 420 g/mol. The van der Waals surface area contributed by atoms with Crippen LogP contribution in [-0.4, -0.2) is 35.2 Å². The number of aromatic amines is 1. The molecule has 170 valence electrons. The Morgan fingerprint density at radius 1 is 1.03 bits per heavy atom. The normalized spacial score (nSPS) is 18.1. The van der Waals surface area contributed by atoms with Crippen LogP contribution in [0.4, 0.5) is 5.69 Å². The van der Waals surface area contributed by atoms with E-state index in [9.17, 15) is 19.2 Å². The van der Waals surface area contributed by atoms with Gasteiger partial charge in [-0.15, -0.1) is 0 Å². The third kappa shape index (κ3) is 4.50. The van der Waals surface area contributed by atoms with Gasteiger partial charge in [0.05, 0.1) is 5.41 Å². The predicted octanol–water partition coefficient (Wildman–Crippen LogP) is 2.55. The van der Waals surface area contributed by atoms with Crippen LogP contribution in [0.2, 0.25) is 0 Å². The summed E-state index contributed by atoms with van der Waals surface area (Å²) in [7, 11) is 0. The highest BCUT2D eigenvalue weighted by Gasteiger charge is 2.42. The molecule has 3 aromatic rings. The number of para-hydroxylation sites is 1. The van der Waals surface area contributed by atoms with E-state index in [1.165, 1.54) is 0 Å². The molecule has 33 heavy (non-hydrogen) atoms. The van der Waals surface area contributed by atoms with Gasteiger partial charge in [-0.1, -0.05) is 37.3 Å². The number of nitrogens with one attached hydrogen (secondary N) is 4. The maximum Gasteiger partial charge on any atom is 0.313 e. The van der Waals surface area contributed by atoms with Crippen LogP contribution in [0.3, 0.4) is 0 Å². The van der Waals surface area contributed by atoms with E-state index >= 15 is 0 Å². The van der Waals surface area contributed by atoms with Crippen molar-refractivity contribution in [3.05, 3.63) is 65.9 Å². The Morgan fingerprint density at radius 2 is 1.79 bits per heavy atom. The Hall–Kier alpha value is -3.94. The number of carbonyl (C=O) groups excluding carboxylic acids is 4. The minimum Gasteiger partial charge on any atom is -0.361 e. The third-order valence-corrected chi connectivity index (χ3v) is 6.33. The zero-order chi connectivity index (χ0) is 23.4. The number of rotatable bonds is 6. The van der Waals surface area contributed by atoms with Crippen LogP contribution in [0.25, 0.3) is 10.9 Å². The van der Waals surface area contributed by atoms with E-state index in [0.29, 0.717) is 31.5 Å². The lowest BCUT2D eigenvalue weighted by Gasteiger charge is -2.35. The number of hydrogen-bond donors (Lipinski definition) is 4. The van der Waals surface area contributed by atoms with Crippen LogP contribution in [0.15, 0.2) is 54.7 Å². The number of benzene rings is 2. The lowest BCUT2D eigenvalue weighted by molar-refractivity contribution is -0.138. The topological polar surface area (TPSA) is 120 Å². The number of H-pyrrole nitrogens is 1. The fraction of sp³-hybridized carbons (Fsp3) is 0.280. The van der Waals surface area contributed by atoms with E-state index in [4.69, 9.17) is 0 Å². The van der Waals surface area contributed by atoms with Crippen molar-refractivity contribution in [2.75, 3.05) is 11.9 Å². The maximum absolute atomic E-state index is 12.5. The Morgan fingerprint density at radius 3 is 2.52 bits per heavy atom. The summed E-state index contributed by atoms with van der Waals surface area (Å²) in [6.07, 6.45) is 3.79. The first kappa shape index (κ1) is 22.3. The van der Waals surface area contributed by atoms with Gasteiger partial charge >= 0.3 is 11.8 Å². The van der Waals surface area contributed by atoms with Crippen LogP contribution in [0.5, 0.6) is 0 Å². The highest BCUT2D eigenvalue weighted by molar-refractivity contribution is 6.39. The van der Waals surface area contributed by atoms with Gasteiger partial charge in [0.25, 0.3) is 0 Å². The zero-order valence-electron chi connectivity index (χ0n) is 18.4. The fourth-order valence-corrected chi connectivity index (χ4v) is 4.36. The average molecular weight is 447 g/mol. The lowest BCUT2D eigenvalue weighted by Crippen LogP contribution is -2.51. The van der Waals surface area contributed by atoms with Gasteiger partial charge in [0.15, 0.2) is 0 Å². The standard InChI is InChI=1S/C25H26N4O4/c1-2-25(13-11-21(30)29-24(25)33)17-7-9-18(10-8-17)28-23(32)22(31)26-14-12-16-15-27-20-6-4-3-5-19(16)20/h3-10,15,27H,2,11-14H2,1H3,(H,26,31)(H,28,32)(H,29,30,33)/t25-/m1/s1. The number of fused-ring (bicyclic) bond motifs is 1. The Balaban J connectivity index is 1.33. The Labute approximate surface area is 191 Å². The molecule has 0 saturated carbocycles. The second kappa shape index (κ2) is 9.28. The summed E-state index contributed by atoms with van der Waals surface area (Å²) < 4.78 is 0. The molecule has 0 radical (unpaired) electrons. The monoisotopic (exact) mass is 446 g/mol. The number of carbonyl (C=O) groups is 4. The molecule has 0 bridgehead atoms. The Bertz CT molecular complexity index is 1210. The van der Waals surface area contributed by atoms with Crippen LogP contribution >= 0.6 is 0 Å². The third-order valence-electron chi connectivity index (χ3n) is 6.33. The SMILES string of the molecule is CC[C@]1(c2ccc(NC(=O)C(=O)NCCc3c[nH]c4ccccc34)cc2)CCC(=O)NC1=O. The molecule has 1 aliphatic rings. The molecule has 0 unspecified atom stereocenters. The predicted molar refractivity (Wildman–Crippen MR) is 124 cm³/mol. The van der Waals surface area contributed by atoms with E-state index < -0.39 is 17.2 Å². The van der Waals surface area contributed by atoms with Crippen molar-refractivity contribution in [3.8, 4) is 0 Å². The summed E-state index contributed by atoms with van der Waals surface area (Å²) in [5.74, 6) is -2.03. The van der Waals surface area contributed by atoms with Crippen LogP contribution in [0, 0.1) is 0 Å². The molecular formula is C25H26N4O4. The molecule has 1 fully saturated rings. The quantitative estimate of drug-likeness (QED) is 0.344. The Kier molecular flexibility index (Phi) is 6.26. The van der Waals surface area contributed by atoms with E-state index in [-0.39, 0.29) is 18.2 Å². The molecule has 2 aromatic carbocycles. The number of aromatic nitrogens is 1. The van der Waals surface area contributed by atoms with Crippen molar-refractivity contribution in [1.82, 2.24) is 15.6 Å². The highest BCUT2D eigenvalue weighted by atomic mass is 16.2. The van der Waals surface area contributed by atoms with Crippen molar-refractivity contribution < 1.29 is 19.2 Å². The number of imide groups is 1. The average Bonchev–Trinajstić information content (AvgIpc) is 3.23. The molecule has 1 atom stereocenters. The molecule has 4 rings (SSSR count). The first-order valence-corrected chi connectivity index (χ1v) is 11.0. The molecule has 4 N–H and O–H groups in total. The summed E-state index contributed by atoms with van der Waals surface area (Å²) in [5, 5.41) is 8.74. The second-order valence-electron chi connectivity index (χ2n) is 8.21. The smallest absolute Gasteiger partial charge is 0.313 e. The first-order chi connectivity index (χ1) is 15.9. The van der Waals surface area contributed by atoms with Gasteiger partial charge in [0.1, 0.15) is 0 Å². The van der Waals surface area contributed by atoms with Crippen LogP contribution in [0.1, 0.15) is 37.3 Å². The van der Waals surface area contributed by atoms with Crippen molar-refractivity contribution in [2.24, 2.45) is 0 Å². The minimum absolute atomic E-state index is 0.260. The lowest BCUT2D eigenvalue weighted by atomic mass is 9.72. The fourth-order valence-electron chi connectivity index (χ4n) is 4.36. The van der Waals surface area contributed by atoms with Crippen molar-refractivity contribution in [2.45, 2.75) is 38.0 Å². The van der Waals surface area contributed by atoms with Gasteiger partial charge in [-0.25, -0.2) is 0 Å². The van der Waals surface area contributed by atoms with Crippen LogP contribution < -0.4 is 16.0 Å². The summed E-state index contributed by atoms with van der Waals surface area (Å²) in [6, 6.07) is 14.7. The molecule has 0 aliphatic carbocycles. The first-order valence-electron chi connectivity index (χ1n) is 11.0. The summed E-state index contributed by atoms with van der Waals surface area (Å²) in [5.41, 5.74) is 2.56. The molecule has 2 heterocycles. The highest BCUT2D eigenvalue weighted by Crippen LogP contribution is 2.36. The summed E-state index contributed by atoms with van der Waals surface area (Å²) >= 11 is 0. The van der Waals surface area contributed by atoms with E-state index in [2.05, 4.69) is 20.9 Å². The van der Waals surface area contributed by atoms with Gasteiger partial charge < -0.3 is 15.6 Å².